The molecule has 6 nitrogen and oxygen atoms in total. The van der Waals surface area contributed by atoms with Crippen molar-refractivity contribution in [3.63, 3.8) is 0 Å². The van der Waals surface area contributed by atoms with Crippen molar-refractivity contribution in [1.29, 1.82) is 0 Å². The first kappa shape index (κ1) is 15.2. The van der Waals surface area contributed by atoms with Crippen molar-refractivity contribution < 1.29 is 4.79 Å². The van der Waals surface area contributed by atoms with Crippen LogP contribution in [0.15, 0.2) is 30.5 Å². The molecule has 1 aromatic carbocycles. The zero-order chi connectivity index (χ0) is 15.2. The lowest BCUT2D eigenvalue weighted by Crippen LogP contribution is -2.30. The molecule has 0 aliphatic heterocycles. The van der Waals surface area contributed by atoms with Gasteiger partial charge >= 0.3 is 0 Å². The van der Waals surface area contributed by atoms with Crippen LogP contribution in [0.1, 0.15) is 29.8 Å². The molecule has 0 radical (unpaired) electrons. The number of rotatable bonds is 6. The first-order valence-electron chi connectivity index (χ1n) is 7.04. The number of carbonyl (C=O) groups is 1. The van der Waals surface area contributed by atoms with E-state index in [0.29, 0.717) is 13.0 Å². The van der Waals surface area contributed by atoms with Crippen LogP contribution in [0.4, 0.5) is 0 Å². The summed E-state index contributed by atoms with van der Waals surface area (Å²) in [6.45, 7) is 4.69. The van der Waals surface area contributed by atoms with Gasteiger partial charge < -0.3 is 11.1 Å². The Bertz CT molecular complexity index is 608. The van der Waals surface area contributed by atoms with Crippen LogP contribution in [0.5, 0.6) is 0 Å². The average molecular weight is 287 g/mol. The summed E-state index contributed by atoms with van der Waals surface area (Å²) in [5.74, 6) is -0.0880. The van der Waals surface area contributed by atoms with Gasteiger partial charge in [0.2, 0.25) is 5.91 Å². The second kappa shape index (κ2) is 6.99. The SMILES string of the molecule is Cc1ccccc1C(C)NC(=O)Cn1cc(CCN)nn1. The fraction of sp³-hybridized carbons (Fsp3) is 0.400. The Balaban J connectivity index is 1.93. The van der Waals surface area contributed by atoms with E-state index >= 15 is 0 Å². The zero-order valence-corrected chi connectivity index (χ0v) is 12.4. The summed E-state index contributed by atoms with van der Waals surface area (Å²) in [7, 11) is 0. The number of benzene rings is 1. The molecule has 0 bridgehead atoms. The molecule has 2 aromatic rings. The predicted molar refractivity (Wildman–Crippen MR) is 80.5 cm³/mol. The molecule has 0 aliphatic carbocycles. The van der Waals surface area contributed by atoms with E-state index in [4.69, 9.17) is 5.73 Å². The first-order valence-corrected chi connectivity index (χ1v) is 7.04. The number of hydrogen-bond donors (Lipinski definition) is 2. The van der Waals surface area contributed by atoms with Crippen LogP contribution >= 0.6 is 0 Å². The van der Waals surface area contributed by atoms with Crippen LogP contribution in [0.3, 0.4) is 0 Å². The van der Waals surface area contributed by atoms with Gasteiger partial charge in [-0.3, -0.25) is 4.79 Å². The molecule has 1 aromatic heterocycles. The van der Waals surface area contributed by atoms with Crippen LogP contribution < -0.4 is 11.1 Å². The molecule has 0 fully saturated rings. The zero-order valence-electron chi connectivity index (χ0n) is 12.4. The third-order valence-electron chi connectivity index (χ3n) is 3.32. The summed E-state index contributed by atoms with van der Waals surface area (Å²) >= 11 is 0. The normalized spacial score (nSPS) is 12.1. The average Bonchev–Trinajstić information content (AvgIpc) is 2.86. The van der Waals surface area contributed by atoms with E-state index < -0.39 is 0 Å². The Morgan fingerprint density at radius 1 is 1.43 bits per heavy atom. The Kier molecular flexibility index (Phi) is 5.05. The minimum Gasteiger partial charge on any atom is -0.348 e. The summed E-state index contributed by atoms with van der Waals surface area (Å²) in [6, 6.07) is 7.98. The Hall–Kier alpha value is -2.21. The molecule has 112 valence electrons. The van der Waals surface area contributed by atoms with E-state index in [2.05, 4.69) is 15.6 Å². The minimum atomic E-state index is -0.0880. The summed E-state index contributed by atoms with van der Waals surface area (Å²) in [5.41, 5.74) is 8.54. The third-order valence-corrected chi connectivity index (χ3v) is 3.32. The number of aromatic nitrogens is 3. The van der Waals surface area contributed by atoms with Gasteiger partial charge in [-0.25, -0.2) is 4.68 Å². The predicted octanol–water partition coefficient (Wildman–Crippen LogP) is 0.965. The minimum absolute atomic E-state index is 0.0364. The topological polar surface area (TPSA) is 85.8 Å². The molecule has 0 aliphatic rings. The summed E-state index contributed by atoms with van der Waals surface area (Å²) in [4.78, 5) is 12.1. The monoisotopic (exact) mass is 287 g/mol. The van der Waals surface area contributed by atoms with Crippen LogP contribution in [0.25, 0.3) is 0 Å². The number of aryl methyl sites for hydroxylation is 1. The fourth-order valence-electron chi connectivity index (χ4n) is 2.26. The summed E-state index contributed by atoms with van der Waals surface area (Å²) in [5, 5.41) is 10.9. The molecule has 1 heterocycles. The van der Waals surface area contributed by atoms with Gasteiger partial charge in [0.15, 0.2) is 0 Å². The fourth-order valence-corrected chi connectivity index (χ4v) is 2.26. The lowest BCUT2D eigenvalue weighted by atomic mass is 10.0. The van der Waals surface area contributed by atoms with Crippen molar-refractivity contribution in [2.24, 2.45) is 5.73 Å². The molecular weight excluding hydrogens is 266 g/mol. The van der Waals surface area contributed by atoms with Crippen molar-refractivity contribution in [2.45, 2.75) is 32.9 Å². The number of nitrogens with one attached hydrogen (secondary N) is 1. The van der Waals surface area contributed by atoms with Crippen molar-refractivity contribution in [2.75, 3.05) is 6.54 Å². The van der Waals surface area contributed by atoms with Gasteiger partial charge in [-0.2, -0.15) is 0 Å². The standard InChI is InChI=1S/C15H21N5O/c1-11-5-3-4-6-14(11)12(2)17-15(21)10-20-9-13(7-8-16)18-19-20/h3-6,9,12H,7-8,10,16H2,1-2H3,(H,17,21). The van der Waals surface area contributed by atoms with Crippen molar-refractivity contribution >= 4 is 5.91 Å². The lowest BCUT2D eigenvalue weighted by molar-refractivity contribution is -0.122. The van der Waals surface area contributed by atoms with Gasteiger partial charge in [0.05, 0.1) is 11.7 Å². The van der Waals surface area contributed by atoms with E-state index in [9.17, 15) is 4.79 Å². The van der Waals surface area contributed by atoms with E-state index in [0.717, 1.165) is 16.8 Å². The van der Waals surface area contributed by atoms with E-state index in [1.54, 1.807) is 6.20 Å². The summed E-state index contributed by atoms with van der Waals surface area (Å²) in [6.07, 6.45) is 2.42. The lowest BCUT2D eigenvalue weighted by Gasteiger charge is -2.16. The van der Waals surface area contributed by atoms with Gasteiger partial charge in [-0.05, 0) is 31.5 Å². The number of amides is 1. The molecule has 6 heteroatoms. The number of hydrogen-bond acceptors (Lipinski definition) is 4. The maximum Gasteiger partial charge on any atom is 0.242 e. The molecule has 3 N–H and O–H groups in total. The van der Waals surface area contributed by atoms with Crippen molar-refractivity contribution in [1.82, 2.24) is 20.3 Å². The van der Waals surface area contributed by atoms with Crippen LogP contribution in [0.2, 0.25) is 0 Å². The third kappa shape index (κ3) is 4.13. The molecule has 0 spiro atoms. The molecule has 21 heavy (non-hydrogen) atoms. The number of carbonyl (C=O) groups excluding carboxylic acids is 1. The maximum absolute atomic E-state index is 12.1. The van der Waals surface area contributed by atoms with Gasteiger partial charge in [0.1, 0.15) is 6.54 Å². The smallest absolute Gasteiger partial charge is 0.242 e. The summed E-state index contributed by atoms with van der Waals surface area (Å²) < 4.78 is 1.53. The Labute approximate surface area is 124 Å². The second-order valence-electron chi connectivity index (χ2n) is 5.09. The number of nitrogens with zero attached hydrogens (tertiary/aromatic N) is 3. The van der Waals surface area contributed by atoms with Crippen LogP contribution in [-0.4, -0.2) is 27.4 Å². The molecule has 1 unspecified atom stereocenters. The maximum atomic E-state index is 12.1. The number of nitrogens with two attached hydrogens (primary N) is 1. The quantitative estimate of drug-likeness (QED) is 0.829. The Morgan fingerprint density at radius 3 is 2.90 bits per heavy atom. The molecular formula is C15H21N5O. The van der Waals surface area contributed by atoms with Crippen LogP contribution in [0, 0.1) is 6.92 Å². The Morgan fingerprint density at radius 2 is 2.19 bits per heavy atom. The molecule has 1 amide bonds. The molecule has 0 saturated heterocycles. The first-order chi connectivity index (χ1) is 10.1. The van der Waals surface area contributed by atoms with E-state index in [1.807, 2.05) is 38.1 Å². The molecule has 2 rings (SSSR count). The van der Waals surface area contributed by atoms with E-state index in [1.165, 1.54) is 4.68 Å². The molecule has 1 atom stereocenters. The van der Waals surface area contributed by atoms with E-state index in [-0.39, 0.29) is 18.5 Å². The van der Waals surface area contributed by atoms with Crippen LogP contribution in [-0.2, 0) is 17.8 Å². The molecule has 0 saturated carbocycles. The highest BCUT2D eigenvalue weighted by Gasteiger charge is 2.12. The van der Waals surface area contributed by atoms with Gasteiger partial charge in [-0.1, -0.05) is 29.5 Å². The highest BCUT2D eigenvalue weighted by Crippen LogP contribution is 2.16. The highest BCUT2D eigenvalue weighted by molar-refractivity contribution is 5.76. The van der Waals surface area contributed by atoms with Gasteiger partial charge in [0, 0.05) is 12.6 Å². The van der Waals surface area contributed by atoms with Gasteiger partial charge in [0.25, 0.3) is 0 Å². The second-order valence-corrected chi connectivity index (χ2v) is 5.09. The largest absolute Gasteiger partial charge is 0.348 e. The van der Waals surface area contributed by atoms with Crippen molar-refractivity contribution in [3.8, 4) is 0 Å². The van der Waals surface area contributed by atoms with Gasteiger partial charge in [-0.15, -0.1) is 5.10 Å². The highest BCUT2D eigenvalue weighted by atomic mass is 16.2. The van der Waals surface area contributed by atoms with Crippen molar-refractivity contribution in [3.05, 3.63) is 47.3 Å².